The molecule has 0 aromatic heterocycles. The molecule has 0 unspecified atom stereocenters. The first-order valence-electron chi connectivity index (χ1n) is 7.14. The number of hydrogen-bond donors (Lipinski definition) is 5. The second-order valence-corrected chi connectivity index (χ2v) is 6.96. The van der Waals surface area contributed by atoms with Gasteiger partial charge in [-0.3, -0.25) is 9.59 Å². The number of aliphatic hydroxyl groups is 2. The minimum atomic E-state index is -1.71. The van der Waals surface area contributed by atoms with Crippen LogP contribution in [0.1, 0.15) is 25.7 Å². The third kappa shape index (κ3) is 7.56. The summed E-state index contributed by atoms with van der Waals surface area (Å²) >= 11 is 5.87. The Labute approximate surface area is 155 Å². The lowest BCUT2D eigenvalue weighted by Crippen LogP contribution is -2.44. The van der Waals surface area contributed by atoms with Crippen LogP contribution in [0.4, 0.5) is 0 Å². The number of aliphatic carboxylic acids is 1. The van der Waals surface area contributed by atoms with E-state index in [-0.39, 0.29) is 21.0 Å². The minimum Gasteiger partial charge on any atom is -0.478 e. The van der Waals surface area contributed by atoms with E-state index in [9.17, 15) is 14.4 Å². The summed E-state index contributed by atoms with van der Waals surface area (Å²) in [5, 5.41) is 31.6. The lowest BCUT2D eigenvalue weighted by atomic mass is 9.91. The predicted octanol–water partition coefficient (Wildman–Crippen LogP) is 0.483. The van der Waals surface area contributed by atoms with Gasteiger partial charge in [-0.15, -0.1) is 0 Å². The van der Waals surface area contributed by atoms with Crippen LogP contribution in [-0.2, 0) is 14.4 Å². The summed E-state index contributed by atoms with van der Waals surface area (Å²) in [5.74, 6) is -2.15. The second-order valence-electron chi connectivity index (χ2n) is 5.25. The van der Waals surface area contributed by atoms with Crippen molar-refractivity contribution in [2.45, 2.75) is 44.1 Å². The fourth-order valence-corrected chi connectivity index (χ4v) is 2.93. The highest BCUT2D eigenvalue weighted by atomic mass is 79.9. The van der Waals surface area contributed by atoms with Gasteiger partial charge in [0.2, 0.25) is 0 Å². The van der Waals surface area contributed by atoms with E-state index in [1.807, 2.05) is 0 Å². The monoisotopic (exact) mass is 468 g/mol. The summed E-state index contributed by atoms with van der Waals surface area (Å²) in [5.41, 5.74) is 0. The summed E-state index contributed by atoms with van der Waals surface area (Å²) in [6, 6.07) is -0.181. The Morgan fingerprint density at radius 1 is 0.917 bits per heavy atom. The van der Waals surface area contributed by atoms with Gasteiger partial charge in [0, 0.05) is 18.2 Å². The lowest BCUT2D eigenvalue weighted by molar-refractivity contribution is -0.131. The molecule has 8 nitrogen and oxygen atoms in total. The lowest BCUT2D eigenvalue weighted by Gasteiger charge is -2.29. The first-order valence-corrected chi connectivity index (χ1v) is 8.73. The highest BCUT2D eigenvalue weighted by Crippen LogP contribution is 2.20. The van der Waals surface area contributed by atoms with E-state index in [0.29, 0.717) is 25.7 Å². The SMILES string of the molecule is O=C(O)/C=C(/Br)C(=O)N[C@H]1CC[C@H](NC(=O)/C(Br)=C\C(O)O)CC1. The number of rotatable bonds is 6. The topological polar surface area (TPSA) is 136 Å². The molecule has 1 saturated carbocycles. The first-order chi connectivity index (χ1) is 11.2. The molecule has 0 spiro atoms. The van der Waals surface area contributed by atoms with Gasteiger partial charge in [-0.1, -0.05) is 0 Å². The number of halogens is 2. The van der Waals surface area contributed by atoms with Gasteiger partial charge >= 0.3 is 5.97 Å². The number of amides is 2. The third-order valence-corrected chi connectivity index (χ3v) is 4.59. The van der Waals surface area contributed by atoms with E-state index >= 15 is 0 Å². The summed E-state index contributed by atoms with van der Waals surface area (Å²) in [7, 11) is 0. The Kier molecular flexibility index (Phi) is 8.60. The fraction of sp³-hybridized carbons (Fsp3) is 0.500. The van der Waals surface area contributed by atoms with E-state index in [4.69, 9.17) is 15.3 Å². The Morgan fingerprint density at radius 3 is 1.71 bits per heavy atom. The molecule has 0 radical (unpaired) electrons. The molecule has 1 rings (SSSR count). The standard InChI is InChI=1S/C14H18Br2N2O6/c15-9(5-11(19)20)13(23)17-7-1-2-8(4-3-7)18-14(24)10(16)6-12(21)22/h5-8,11,19-20H,1-4H2,(H,17,23)(H,18,24)(H,21,22)/b9-5+,10-6+/t7-,8-. The molecule has 1 fully saturated rings. The first kappa shape index (κ1) is 20.8. The summed E-state index contributed by atoms with van der Waals surface area (Å²) in [6.45, 7) is 0. The molecule has 0 aromatic carbocycles. The van der Waals surface area contributed by atoms with Crippen molar-refractivity contribution >= 4 is 49.6 Å². The maximum absolute atomic E-state index is 11.8. The van der Waals surface area contributed by atoms with Gasteiger partial charge in [0.25, 0.3) is 11.8 Å². The van der Waals surface area contributed by atoms with Crippen LogP contribution in [-0.4, -0.2) is 51.5 Å². The predicted molar refractivity (Wildman–Crippen MR) is 92.2 cm³/mol. The highest BCUT2D eigenvalue weighted by molar-refractivity contribution is 9.12. The molecule has 1 aliphatic carbocycles. The molecule has 0 bridgehead atoms. The normalized spacial score (nSPS) is 22.2. The number of nitrogens with one attached hydrogen (secondary N) is 2. The van der Waals surface area contributed by atoms with E-state index in [0.717, 1.165) is 12.2 Å². The average Bonchev–Trinajstić information content (AvgIpc) is 2.47. The number of carbonyl (C=O) groups excluding carboxylic acids is 2. The molecule has 24 heavy (non-hydrogen) atoms. The number of aliphatic hydroxyl groups excluding tert-OH is 1. The van der Waals surface area contributed by atoms with Gasteiger partial charge in [0.15, 0.2) is 6.29 Å². The second kappa shape index (κ2) is 9.92. The van der Waals surface area contributed by atoms with Crippen LogP contribution in [0.25, 0.3) is 0 Å². The van der Waals surface area contributed by atoms with Gasteiger partial charge < -0.3 is 26.0 Å². The summed E-state index contributed by atoms with van der Waals surface area (Å²) < 4.78 is -0.0160. The highest BCUT2D eigenvalue weighted by Gasteiger charge is 2.24. The Bertz CT molecular complexity index is 553. The van der Waals surface area contributed by atoms with Crippen molar-refractivity contribution in [3.63, 3.8) is 0 Å². The molecule has 0 aromatic rings. The molecule has 10 heteroatoms. The maximum atomic E-state index is 11.8. The number of hydrogen-bond acceptors (Lipinski definition) is 5. The van der Waals surface area contributed by atoms with Gasteiger partial charge in [-0.05, 0) is 63.6 Å². The Balaban J connectivity index is 2.43. The van der Waals surface area contributed by atoms with Crippen LogP contribution < -0.4 is 10.6 Å². The van der Waals surface area contributed by atoms with Crippen LogP contribution in [0.15, 0.2) is 21.1 Å². The molecular formula is C14H18Br2N2O6. The van der Waals surface area contributed by atoms with E-state index in [1.165, 1.54) is 0 Å². The molecule has 0 aliphatic heterocycles. The number of carboxylic acids is 1. The maximum Gasteiger partial charge on any atom is 0.329 e. The van der Waals surface area contributed by atoms with E-state index in [2.05, 4.69) is 42.5 Å². The molecule has 0 atom stereocenters. The zero-order valence-corrected chi connectivity index (χ0v) is 15.7. The molecule has 1 aliphatic rings. The molecule has 134 valence electrons. The van der Waals surface area contributed by atoms with Crippen molar-refractivity contribution in [3.8, 4) is 0 Å². The van der Waals surface area contributed by atoms with Crippen molar-refractivity contribution in [1.82, 2.24) is 10.6 Å². The van der Waals surface area contributed by atoms with Gasteiger partial charge in [-0.2, -0.15) is 0 Å². The average molecular weight is 470 g/mol. The Morgan fingerprint density at radius 2 is 1.33 bits per heavy atom. The number of carboxylic acid groups (broad SMARTS) is 1. The molecule has 0 saturated heterocycles. The zero-order chi connectivity index (χ0) is 18.3. The molecular weight excluding hydrogens is 452 g/mol. The van der Waals surface area contributed by atoms with Crippen molar-refractivity contribution in [2.24, 2.45) is 0 Å². The van der Waals surface area contributed by atoms with E-state index in [1.54, 1.807) is 0 Å². The minimum absolute atomic E-state index is 0.0377. The van der Waals surface area contributed by atoms with Crippen LogP contribution in [0, 0.1) is 0 Å². The summed E-state index contributed by atoms with van der Waals surface area (Å²) in [6.07, 6.45) is 2.57. The quantitative estimate of drug-likeness (QED) is 0.283. The van der Waals surface area contributed by atoms with Crippen molar-refractivity contribution < 1.29 is 29.7 Å². The molecule has 5 N–H and O–H groups in total. The van der Waals surface area contributed by atoms with Crippen LogP contribution in [0.3, 0.4) is 0 Å². The zero-order valence-electron chi connectivity index (χ0n) is 12.5. The van der Waals surface area contributed by atoms with Crippen molar-refractivity contribution in [1.29, 1.82) is 0 Å². The summed E-state index contributed by atoms with van der Waals surface area (Å²) in [4.78, 5) is 34.1. The number of carbonyl (C=O) groups is 3. The van der Waals surface area contributed by atoms with E-state index < -0.39 is 24.1 Å². The van der Waals surface area contributed by atoms with Crippen LogP contribution >= 0.6 is 31.9 Å². The third-order valence-electron chi connectivity index (χ3n) is 3.38. The Hall–Kier alpha value is -1.23. The molecule has 2 amide bonds. The van der Waals surface area contributed by atoms with Crippen LogP contribution in [0.5, 0.6) is 0 Å². The van der Waals surface area contributed by atoms with Crippen LogP contribution in [0.2, 0.25) is 0 Å². The van der Waals surface area contributed by atoms with Gasteiger partial charge in [0.1, 0.15) is 0 Å². The van der Waals surface area contributed by atoms with Gasteiger partial charge in [-0.25, -0.2) is 4.79 Å². The molecule has 0 heterocycles. The van der Waals surface area contributed by atoms with Gasteiger partial charge in [0.05, 0.1) is 8.96 Å². The fourth-order valence-electron chi connectivity index (χ4n) is 2.27. The smallest absolute Gasteiger partial charge is 0.329 e. The van der Waals surface area contributed by atoms with Crippen molar-refractivity contribution in [3.05, 3.63) is 21.1 Å². The largest absolute Gasteiger partial charge is 0.478 e. The van der Waals surface area contributed by atoms with Crippen molar-refractivity contribution in [2.75, 3.05) is 0 Å².